The average molecular weight is 499 g/mol. The molecule has 36 heavy (non-hydrogen) atoms. The van der Waals surface area contributed by atoms with Gasteiger partial charge >= 0.3 is 0 Å². The Balaban J connectivity index is 1.52. The Bertz CT molecular complexity index is 1450. The number of nitrogens with zero attached hydrogens (tertiary/aromatic N) is 1. The predicted octanol–water partition coefficient (Wildman–Crippen LogP) is 6.28. The van der Waals surface area contributed by atoms with Crippen molar-refractivity contribution in [2.75, 3.05) is 5.32 Å². The van der Waals surface area contributed by atoms with Crippen LogP contribution in [0.2, 0.25) is 0 Å². The molecule has 4 aromatic rings. The molecule has 0 heterocycles. The summed E-state index contributed by atoms with van der Waals surface area (Å²) >= 11 is 0. The number of hydrogen-bond acceptors (Lipinski definition) is 5. The zero-order valence-corrected chi connectivity index (χ0v) is 20.8. The van der Waals surface area contributed by atoms with Gasteiger partial charge in [0.05, 0.1) is 21.6 Å². The molecule has 7 heteroatoms. The molecule has 0 fully saturated rings. The van der Waals surface area contributed by atoms with E-state index in [1.165, 1.54) is 24.3 Å². The van der Waals surface area contributed by atoms with E-state index < -0.39 is 9.84 Å². The van der Waals surface area contributed by atoms with Crippen LogP contribution in [0.3, 0.4) is 0 Å². The Labute approximate surface area is 211 Å². The standard InChI is InChI=1S/C29H26N2O4S/c1-21(2)35-29(23-11-7-4-8-12-23)31-25-15-19-27(20-16-25)36(33,34)26-17-13-24(14-18-26)30-28(32)22-9-5-3-6-10-22/h3-21H,1-2H3,(H,30,32)/b31-29-. The number of amides is 1. The maximum absolute atomic E-state index is 13.1. The van der Waals surface area contributed by atoms with Gasteiger partial charge in [-0.05, 0) is 86.6 Å². The summed E-state index contributed by atoms with van der Waals surface area (Å²) in [4.78, 5) is 17.2. The van der Waals surface area contributed by atoms with Gasteiger partial charge in [-0.15, -0.1) is 0 Å². The summed E-state index contributed by atoms with van der Waals surface area (Å²) < 4.78 is 32.2. The largest absolute Gasteiger partial charge is 0.475 e. The summed E-state index contributed by atoms with van der Waals surface area (Å²) in [5.74, 6) is 0.202. The first-order chi connectivity index (χ1) is 17.3. The zero-order valence-electron chi connectivity index (χ0n) is 20.0. The highest BCUT2D eigenvalue weighted by Crippen LogP contribution is 2.25. The van der Waals surface area contributed by atoms with E-state index in [2.05, 4.69) is 10.3 Å². The summed E-state index contributed by atoms with van der Waals surface area (Å²) in [5, 5.41) is 2.77. The van der Waals surface area contributed by atoms with Crippen molar-refractivity contribution in [1.29, 1.82) is 0 Å². The molecule has 0 aliphatic rings. The monoisotopic (exact) mass is 498 g/mol. The molecule has 4 rings (SSSR count). The van der Waals surface area contributed by atoms with Gasteiger partial charge in [0.1, 0.15) is 0 Å². The second-order valence-electron chi connectivity index (χ2n) is 8.29. The Kier molecular flexibility index (Phi) is 7.61. The highest BCUT2D eigenvalue weighted by Gasteiger charge is 2.18. The number of sulfone groups is 1. The van der Waals surface area contributed by atoms with Crippen molar-refractivity contribution in [2.24, 2.45) is 4.99 Å². The van der Waals surface area contributed by atoms with Gasteiger partial charge in [0.2, 0.25) is 15.7 Å². The Morgan fingerprint density at radius 2 is 1.22 bits per heavy atom. The van der Waals surface area contributed by atoms with E-state index in [0.29, 0.717) is 22.8 Å². The molecule has 0 aliphatic heterocycles. The first-order valence-electron chi connectivity index (χ1n) is 11.5. The maximum atomic E-state index is 13.1. The molecular formula is C29H26N2O4S. The number of hydrogen-bond donors (Lipinski definition) is 1. The van der Waals surface area contributed by atoms with Crippen LogP contribution in [0.5, 0.6) is 0 Å². The molecule has 0 saturated heterocycles. The normalized spacial score (nSPS) is 11.8. The van der Waals surface area contributed by atoms with Gasteiger partial charge in [-0.2, -0.15) is 0 Å². The second-order valence-corrected chi connectivity index (χ2v) is 10.2. The van der Waals surface area contributed by atoms with Gasteiger partial charge in [-0.1, -0.05) is 36.4 Å². The highest BCUT2D eigenvalue weighted by atomic mass is 32.2. The van der Waals surface area contributed by atoms with Crippen molar-refractivity contribution in [3.05, 3.63) is 120 Å². The minimum absolute atomic E-state index is 0.0657. The van der Waals surface area contributed by atoms with E-state index in [-0.39, 0.29) is 21.8 Å². The maximum Gasteiger partial charge on any atom is 0.255 e. The molecule has 0 bridgehead atoms. The van der Waals surface area contributed by atoms with E-state index in [1.54, 1.807) is 48.5 Å². The Hall–Kier alpha value is -4.23. The minimum Gasteiger partial charge on any atom is -0.475 e. The van der Waals surface area contributed by atoms with Crippen molar-refractivity contribution in [3.8, 4) is 0 Å². The van der Waals surface area contributed by atoms with Crippen LogP contribution in [0, 0.1) is 0 Å². The lowest BCUT2D eigenvalue weighted by atomic mass is 10.2. The summed E-state index contributed by atoms with van der Waals surface area (Å²) in [7, 11) is -3.75. The van der Waals surface area contributed by atoms with Crippen LogP contribution in [0.15, 0.2) is 124 Å². The van der Waals surface area contributed by atoms with Crippen LogP contribution in [0.25, 0.3) is 0 Å². The molecule has 0 spiro atoms. The second kappa shape index (κ2) is 11.0. The molecule has 0 aromatic heterocycles. The first kappa shape index (κ1) is 24.9. The minimum atomic E-state index is -3.75. The third-order valence-corrected chi connectivity index (χ3v) is 6.99. The lowest BCUT2D eigenvalue weighted by molar-refractivity contribution is 0.102. The van der Waals surface area contributed by atoms with Crippen molar-refractivity contribution in [3.63, 3.8) is 0 Å². The smallest absolute Gasteiger partial charge is 0.255 e. The molecule has 0 unspecified atom stereocenters. The molecule has 0 aliphatic carbocycles. The SMILES string of the molecule is CC(C)O/C(=N\c1ccc(S(=O)(=O)c2ccc(NC(=O)c3ccccc3)cc2)cc1)c1ccccc1. The lowest BCUT2D eigenvalue weighted by Crippen LogP contribution is -2.12. The molecule has 0 atom stereocenters. The number of rotatable bonds is 7. The number of carbonyl (C=O) groups excluding carboxylic acids is 1. The van der Waals surface area contributed by atoms with Crippen molar-refractivity contribution in [1.82, 2.24) is 0 Å². The van der Waals surface area contributed by atoms with E-state index >= 15 is 0 Å². The van der Waals surface area contributed by atoms with Crippen molar-refractivity contribution < 1.29 is 17.9 Å². The van der Waals surface area contributed by atoms with E-state index in [1.807, 2.05) is 50.2 Å². The summed E-state index contributed by atoms with van der Waals surface area (Å²) in [6.45, 7) is 3.85. The van der Waals surface area contributed by atoms with Crippen LogP contribution in [0.4, 0.5) is 11.4 Å². The number of benzene rings is 4. The van der Waals surface area contributed by atoms with Crippen LogP contribution >= 0.6 is 0 Å². The van der Waals surface area contributed by atoms with Gasteiger partial charge in [0, 0.05) is 16.8 Å². The number of aliphatic imine (C=N–C) groups is 1. The number of carbonyl (C=O) groups is 1. The fourth-order valence-electron chi connectivity index (χ4n) is 3.43. The van der Waals surface area contributed by atoms with Crippen molar-refractivity contribution in [2.45, 2.75) is 29.7 Å². The van der Waals surface area contributed by atoms with E-state index in [0.717, 1.165) is 5.56 Å². The number of ether oxygens (including phenoxy) is 1. The molecule has 0 radical (unpaired) electrons. The fourth-order valence-corrected chi connectivity index (χ4v) is 4.69. The first-order valence-corrected chi connectivity index (χ1v) is 12.9. The lowest BCUT2D eigenvalue weighted by Gasteiger charge is -2.13. The molecular weight excluding hydrogens is 472 g/mol. The Morgan fingerprint density at radius 1 is 0.722 bits per heavy atom. The van der Waals surface area contributed by atoms with Gasteiger partial charge in [-0.3, -0.25) is 4.79 Å². The summed E-state index contributed by atoms with van der Waals surface area (Å²) in [5.41, 5.74) is 2.44. The number of anilines is 1. The number of nitrogens with one attached hydrogen (secondary N) is 1. The third kappa shape index (κ3) is 6.06. The third-order valence-electron chi connectivity index (χ3n) is 5.20. The molecule has 4 aromatic carbocycles. The topological polar surface area (TPSA) is 84.8 Å². The highest BCUT2D eigenvalue weighted by molar-refractivity contribution is 7.91. The molecule has 6 nitrogen and oxygen atoms in total. The molecule has 182 valence electrons. The Morgan fingerprint density at radius 3 is 1.75 bits per heavy atom. The fraction of sp³-hybridized carbons (Fsp3) is 0.103. The average Bonchev–Trinajstić information content (AvgIpc) is 2.90. The van der Waals surface area contributed by atoms with Gasteiger partial charge in [0.15, 0.2) is 0 Å². The molecule has 0 saturated carbocycles. The van der Waals surface area contributed by atoms with E-state index in [9.17, 15) is 13.2 Å². The predicted molar refractivity (Wildman–Crippen MR) is 142 cm³/mol. The summed E-state index contributed by atoms with van der Waals surface area (Å²) in [6, 6.07) is 30.8. The quantitative estimate of drug-likeness (QED) is 0.240. The van der Waals surface area contributed by atoms with Crippen LogP contribution < -0.4 is 5.32 Å². The van der Waals surface area contributed by atoms with E-state index in [4.69, 9.17) is 4.74 Å². The zero-order chi connectivity index (χ0) is 25.5. The van der Waals surface area contributed by atoms with Gasteiger partial charge in [-0.25, -0.2) is 13.4 Å². The molecule has 1 N–H and O–H groups in total. The van der Waals surface area contributed by atoms with Crippen molar-refractivity contribution >= 4 is 33.0 Å². The van der Waals surface area contributed by atoms with Crippen LogP contribution in [0.1, 0.15) is 29.8 Å². The van der Waals surface area contributed by atoms with Gasteiger partial charge < -0.3 is 10.1 Å². The van der Waals surface area contributed by atoms with Gasteiger partial charge in [0.25, 0.3) is 5.91 Å². The van der Waals surface area contributed by atoms with Crippen LogP contribution in [-0.2, 0) is 14.6 Å². The summed E-state index contributed by atoms with van der Waals surface area (Å²) in [6.07, 6.45) is -0.0657. The molecule has 1 amide bonds. The van der Waals surface area contributed by atoms with Crippen LogP contribution in [-0.4, -0.2) is 26.3 Å².